The van der Waals surface area contributed by atoms with E-state index in [9.17, 15) is 86.6 Å². The Kier molecular flexibility index (Phi) is 55.6. The van der Waals surface area contributed by atoms with Gasteiger partial charge in [-0.05, 0) is 148 Å². The van der Waals surface area contributed by atoms with Gasteiger partial charge in [-0.2, -0.15) is 0 Å². The molecular weight excluding hydrogens is 1710 g/mol. The number of imidazole rings is 1. The molecule has 0 unspecified atom stereocenters. The maximum atomic E-state index is 15.0. The van der Waals surface area contributed by atoms with Crippen LogP contribution in [0.25, 0.3) is 0 Å². The second kappa shape index (κ2) is 63.6. The van der Waals surface area contributed by atoms with Gasteiger partial charge in [0.15, 0.2) is 35.8 Å². The summed E-state index contributed by atoms with van der Waals surface area (Å²) in [5.74, 6) is -20.9. The molecule has 57 nitrogen and oxygen atoms in total. The Morgan fingerprint density at radius 3 is 0.785 bits per heavy atom. The number of hydrogen-bond donors (Lipinski definition) is 39. The fraction of sp³-hybridized carbons (Fsp3) is 0.644. The Labute approximate surface area is 749 Å². The van der Waals surface area contributed by atoms with Gasteiger partial charge in [-0.3, -0.25) is 109 Å². The van der Waals surface area contributed by atoms with Crippen molar-refractivity contribution in [2.75, 3.05) is 58.9 Å². The summed E-state index contributed by atoms with van der Waals surface area (Å²) in [6, 6.07) is -21.1. The van der Waals surface area contributed by atoms with Crippen LogP contribution in [0.3, 0.4) is 0 Å². The summed E-state index contributed by atoms with van der Waals surface area (Å²) < 4.78 is 0. The largest absolute Gasteiger partial charge is 0.480 e. The number of amides is 16. The number of aromatic amines is 1. The fourth-order valence-corrected chi connectivity index (χ4v) is 12.3. The molecule has 16 amide bonds. The van der Waals surface area contributed by atoms with Crippen molar-refractivity contribution in [1.29, 1.82) is 32.5 Å². The van der Waals surface area contributed by atoms with Gasteiger partial charge in [-0.15, -0.1) is 0 Å². The minimum atomic E-state index is -1.88. The molecule has 0 bridgehead atoms. The van der Waals surface area contributed by atoms with Gasteiger partial charge in [0, 0.05) is 64.7 Å². The van der Waals surface area contributed by atoms with Gasteiger partial charge >= 0.3 is 5.97 Å². The number of aromatic nitrogens is 2. The van der Waals surface area contributed by atoms with E-state index < -0.39 is 254 Å². The molecule has 0 fully saturated rings. The number of rotatable bonds is 69. The van der Waals surface area contributed by atoms with Crippen LogP contribution in [0.1, 0.15) is 160 Å². The fourth-order valence-electron chi connectivity index (χ4n) is 12.3. The Morgan fingerprint density at radius 1 is 0.315 bits per heavy atom. The van der Waals surface area contributed by atoms with Gasteiger partial charge < -0.3 is 180 Å². The number of carbonyl (C=O) groups is 17. The van der Waals surface area contributed by atoms with Crippen molar-refractivity contribution in [2.45, 2.75) is 240 Å². The normalized spacial score (nSPS) is 13.8. The van der Waals surface area contributed by atoms with Crippen LogP contribution < -0.4 is 170 Å². The molecule has 130 heavy (non-hydrogen) atoms. The van der Waals surface area contributed by atoms with Crippen molar-refractivity contribution < 1.29 is 86.6 Å². The first kappa shape index (κ1) is 114. The number of carboxylic acids is 1. The van der Waals surface area contributed by atoms with E-state index in [0.29, 0.717) is 12.8 Å². The number of nitrogens with one attached hydrogen (secondary N) is 26. The monoisotopic (exact) mass is 1850 g/mol. The molecule has 0 aliphatic heterocycles. The van der Waals surface area contributed by atoms with Crippen molar-refractivity contribution in [1.82, 2.24) is 111 Å². The second-order valence-electron chi connectivity index (χ2n) is 30.0. The Balaban J connectivity index is 4.06. The van der Waals surface area contributed by atoms with E-state index in [1.165, 1.54) is 19.4 Å². The van der Waals surface area contributed by atoms with E-state index in [2.05, 4.69) is 111 Å². The number of nitrogens with zero attached hydrogens (tertiary/aromatic N) is 1. The molecule has 0 aliphatic rings. The molecule has 0 saturated heterocycles. The van der Waals surface area contributed by atoms with Gasteiger partial charge in [0.1, 0.15) is 78.5 Å². The summed E-state index contributed by atoms with van der Waals surface area (Å²) in [5.41, 5.74) is 66.6. The quantitative estimate of drug-likeness (QED) is 0.0164. The highest BCUT2D eigenvalue weighted by Crippen LogP contribution is 2.14. The highest BCUT2D eigenvalue weighted by atomic mass is 16.4. The summed E-state index contributed by atoms with van der Waals surface area (Å²) in [5, 5.41) is 104. The lowest BCUT2D eigenvalue weighted by Crippen LogP contribution is -2.61. The predicted molar refractivity (Wildman–Crippen MR) is 471 cm³/mol. The highest BCUT2D eigenvalue weighted by Gasteiger charge is 2.38. The lowest BCUT2D eigenvalue weighted by Gasteiger charge is -2.29. The highest BCUT2D eigenvalue weighted by molar-refractivity contribution is 6.01. The molecular formula is C73H135N39O18. The molecule has 0 aliphatic carbocycles. The number of primary amides is 3. The third kappa shape index (κ3) is 50.7. The standard InChI is InChI=1S/C73H135N39O18/c1-37(55(117)111-49(32-38-35-92-36-99-38)66(128)110-48(21-23-52(78)114)65(127)112-50(67(129)130)33-53(79)115)100-56(118)42(15-7-27-94-69(82)83)104-60(122)43(16-8-28-95-70(84)85)106-62(124)45(18-10-30-97-72(88)89)108-64(126)47(20-22-51(77)113)109-63(125)46(19-11-31-98-73(90)91)107-61(123)44(17-9-29-96-71(86)87)105-59(121)41(13-3-5-25-75)103-58(120)40(12-2-4-24-74)102-57(119)39(101-54(116)34-76)14-6-26-93-68(80)81/h35-37,39-50H,2-34,74-76H2,1H3,(H2,77,113)(H2,78,114)(H2,79,115)(H,92,99)(H,100,118)(H,101,116)(H,102,119)(H,103,120)(H,104,122)(H,105,121)(H,106,124)(H,107,123)(H,108,126)(H,109,125)(H,110,128)(H,111,117)(H,112,127)(H,129,130)(H4,80,81,93)(H4,82,83,94)(H4,84,85,95)(H4,86,87,96)(H4,88,89,97)(H4,90,91,98)/t37-,39-,40-,41-,42-,43-,44-,45-,46-,47-,48-,49-,50-/m0/s1. The van der Waals surface area contributed by atoms with Gasteiger partial charge in [0.05, 0.1) is 25.0 Å². The molecule has 1 heterocycles. The van der Waals surface area contributed by atoms with Crippen LogP contribution in [-0.2, 0) is 87.9 Å². The van der Waals surface area contributed by atoms with Crippen molar-refractivity contribution in [3.05, 3.63) is 18.2 Å². The smallest absolute Gasteiger partial charge is 0.326 e. The molecule has 57 heteroatoms. The minimum absolute atomic E-state index is 0.00505. The zero-order chi connectivity index (χ0) is 98.0. The Morgan fingerprint density at radius 2 is 0.554 bits per heavy atom. The number of carbonyl (C=O) groups excluding carboxylic acids is 16. The average Bonchev–Trinajstić information content (AvgIpc) is 0.940. The molecule has 0 spiro atoms. The molecule has 0 saturated carbocycles. The molecule has 1 aromatic rings. The third-order valence-corrected chi connectivity index (χ3v) is 19.1. The number of guanidine groups is 6. The van der Waals surface area contributed by atoms with Crippen LogP contribution in [0.4, 0.5) is 0 Å². The molecule has 51 N–H and O–H groups in total. The molecule has 0 aromatic carbocycles. The van der Waals surface area contributed by atoms with E-state index in [4.69, 9.17) is 101 Å². The SMILES string of the molecule is C[C@H](NC(=O)[C@H](CCCNC(=N)N)NC(=O)[C@H](CCCNC(=N)N)NC(=O)[C@H](CCCNC(=N)N)NC(=O)[C@H](CCC(N)=O)NC(=O)[C@H](CCCNC(=N)N)NC(=O)[C@H](CCCNC(=N)N)NC(=O)[C@H](CCCCN)NC(=O)[C@H](CCCCN)NC(=O)[C@H](CCCNC(=N)N)NC(=O)CN)C(=O)N[C@@H](Cc1c[nH]cn1)C(=O)N[C@@H](CCC(N)=O)C(=O)N[C@@H](CC(N)=O)C(=O)O. The first-order chi connectivity index (χ1) is 61.4. The van der Waals surface area contributed by atoms with Crippen LogP contribution in [0.15, 0.2) is 12.5 Å². The Bertz CT molecular complexity index is 3950. The molecule has 1 aromatic heterocycles. The number of aliphatic carboxylic acids is 1. The number of hydrogen-bond acceptors (Lipinski definition) is 27. The zero-order valence-electron chi connectivity index (χ0n) is 72.8. The van der Waals surface area contributed by atoms with Gasteiger partial charge in [-0.1, -0.05) is 0 Å². The molecule has 13 atom stereocenters. The predicted octanol–water partition coefficient (Wildman–Crippen LogP) is -14.4. The second-order valence-corrected chi connectivity index (χ2v) is 30.0. The first-order valence-electron chi connectivity index (χ1n) is 42.0. The van der Waals surface area contributed by atoms with E-state index in [1.807, 2.05) is 0 Å². The lowest BCUT2D eigenvalue weighted by atomic mass is 10.0. The molecule has 1 rings (SSSR count). The lowest BCUT2D eigenvalue weighted by molar-refractivity contribution is -0.144. The van der Waals surface area contributed by atoms with Crippen molar-refractivity contribution in [2.24, 2.45) is 68.8 Å². The van der Waals surface area contributed by atoms with E-state index >= 15 is 0 Å². The van der Waals surface area contributed by atoms with Gasteiger partial charge in [-0.25, -0.2) is 9.78 Å². The van der Waals surface area contributed by atoms with Crippen LogP contribution in [0.2, 0.25) is 0 Å². The van der Waals surface area contributed by atoms with E-state index in [0.717, 1.165) is 0 Å². The number of unbranched alkanes of at least 4 members (excludes halogenated alkanes) is 2. The van der Waals surface area contributed by atoms with Gasteiger partial charge in [0.2, 0.25) is 94.5 Å². The van der Waals surface area contributed by atoms with Crippen LogP contribution in [0.5, 0.6) is 0 Å². The minimum Gasteiger partial charge on any atom is -0.480 e. The van der Waals surface area contributed by atoms with E-state index in [-0.39, 0.29) is 167 Å². The van der Waals surface area contributed by atoms with Crippen molar-refractivity contribution in [3.63, 3.8) is 0 Å². The van der Waals surface area contributed by atoms with Crippen molar-refractivity contribution >= 4 is 136 Å². The number of carboxylic acid groups (broad SMARTS) is 1. The van der Waals surface area contributed by atoms with Crippen molar-refractivity contribution in [3.8, 4) is 0 Å². The maximum absolute atomic E-state index is 15.0. The van der Waals surface area contributed by atoms with Gasteiger partial charge in [0.25, 0.3) is 0 Å². The number of H-pyrrole nitrogens is 1. The molecule has 730 valence electrons. The third-order valence-electron chi connectivity index (χ3n) is 19.1. The topological polar surface area (TPSA) is 1020 Å². The maximum Gasteiger partial charge on any atom is 0.326 e. The average molecular weight is 1850 g/mol. The van der Waals surface area contributed by atoms with Crippen LogP contribution >= 0.6 is 0 Å². The number of nitrogens with two attached hydrogens (primary N) is 12. The van der Waals surface area contributed by atoms with E-state index in [1.54, 1.807) is 0 Å². The van der Waals surface area contributed by atoms with Crippen LogP contribution in [0, 0.1) is 32.5 Å². The van der Waals surface area contributed by atoms with Crippen LogP contribution in [-0.4, -0.2) is 289 Å². The summed E-state index contributed by atoms with van der Waals surface area (Å²) in [6.45, 7) is 0.708. The summed E-state index contributed by atoms with van der Waals surface area (Å²) >= 11 is 0. The Hall–Kier alpha value is -14.3. The first-order valence-corrected chi connectivity index (χ1v) is 42.0. The summed E-state index contributed by atoms with van der Waals surface area (Å²) in [6.07, 6.45) is -1.51. The summed E-state index contributed by atoms with van der Waals surface area (Å²) in [4.78, 5) is 241. The summed E-state index contributed by atoms with van der Waals surface area (Å²) in [7, 11) is 0. The zero-order valence-corrected chi connectivity index (χ0v) is 72.8. The molecule has 0 radical (unpaired) electrons.